The molecule has 1 amide bonds. The van der Waals surface area contributed by atoms with Gasteiger partial charge in [0, 0.05) is 18.3 Å². The smallest absolute Gasteiger partial charge is 0.242 e. The molecular weight excluding hydrogens is 535 g/mol. The summed E-state index contributed by atoms with van der Waals surface area (Å²) in [4.78, 5) is 16.6. The van der Waals surface area contributed by atoms with E-state index in [0.717, 1.165) is 47.8 Å². The molecule has 0 spiro atoms. The lowest BCUT2D eigenvalue weighted by atomic mass is 10.1. The molecular formula is C24H31IN4O4. The van der Waals surface area contributed by atoms with Crippen molar-refractivity contribution in [2.45, 2.75) is 45.3 Å². The second kappa shape index (κ2) is 12.0. The molecule has 4 rings (SSSR count). The van der Waals surface area contributed by atoms with Gasteiger partial charge in [0.05, 0.1) is 6.10 Å². The third kappa shape index (κ3) is 7.99. The number of hydrogen-bond acceptors (Lipinski definition) is 5. The maximum Gasteiger partial charge on any atom is 0.242 e. The molecule has 2 aromatic rings. The number of aliphatic imine (C=N–C) groups is 1. The van der Waals surface area contributed by atoms with E-state index < -0.39 is 0 Å². The summed E-state index contributed by atoms with van der Waals surface area (Å²) in [5, 5.41) is 9.54. The highest BCUT2D eigenvalue weighted by molar-refractivity contribution is 14.0. The standard InChI is InChI=1S/C24H30N4O4.HI/c1-16(2)32-20-8-6-19(7-9-20)28-24(26-14-23(29)27-18-4-5-18)25-12-11-17-3-10-21-22(13-17)31-15-30-21;/h3,6-10,13,16,18H,4-5,11-12,14-15H2,1-2H3,(H,27,29)(H2,25,26,28);1H. The lowest BCUT2D eigenvalue weighted by Crippen LogP contribution is -2.34. The topological polar surface area (TPSA) is 93.2 Å². The number of ether oxygens (including phenoxy) is 3. The Labute approximate surface area is 211 Å². The minimum atomic E-state index is -0.0648. The van der Waals surface area contributed by atoms with Gasteiger partial charge in [-0.2, -0.15) is 0 Å². The molecule has 0 unspecified atom stereocenters. The Bertz CT molecular complexity index is 961. The molecule has 33 heavy (non-hydrogen) atoms. The summed E-state index contributed by atoms with van der Waals surface area (Å²) < 4.78 is 16.5. The minimum absolute atomic E-state index is 0. The first-order valence-corrected chi connectivity index (χ1v) is 11.0. The third-order valence-corrected chi connectivity index (χ3v) is 4.96. The number of amides is 1. The highest BCUT2D eigenvalue weighted by Gasteiger charge is 2.22. The molecule has 0 saturated heterocycles. The molecule has 1 heterocycles. The summed E-state index contributed by atoms with van der Waals surface area (Å²) in [5.41, 5.74) is 1.99. The van der Waals surface area contributed by atoms with E-state index in [9.17, 15) is 4.79 Å². The summed E-state index contributed by atoms with van der Waals surface area (Å²) in [6, 6.07) is 13.9. The molecule has 2 aliphatic rings. The van der Waals surface area contributed by atoms with Crippen LogP contribution in [0.15, 0.2) is 47.5 Å². The van der Waals surface area contributed by atoms with E-state index in [0.29, 0.717) is 18.5 Å². The first-order chi connectivity index (χ1) is 15.5. The van der Waals surface area contributed by atoms with Gasteiger partial charge in [0.25, 0.3) is 0 Å². The monoisotopic (exact) mass is 566 g/mol. The Morgan fingerprint density at radius 2 is 1.88 bits per heavy atom. The molecule has 178 valence electrons. The van der Waals surface area contributed by atoms with Crippen molar-refractivity contribution in [2.24, 2.45) is 4.99 Å². The minimum Gasteiger partial charge on any atom is -0.491 e. The van der Waals surface area contributed by atoms with Crippen LogP contribution in [0, 0.1) is 0 Å². The number of fused-ring (bicyclic) bond motifs is 1. The number of rotatable bonds is 9. The fraction of sp³-hybridized carbons (Fsp3) is 0.417. The second-order valence-electron chi connectivity index (χ2n) is 8.19. The van der Waals surface area contributed by atoms with E-state index in [-0.39, 0.29) is 49.3 Å². The fourth-order valence-corrected chi connectivity index (χ4v) is 3.24. The molecule has 0 radical (unpaired) electrons. The lowest BCUT2D eigenvalue weighted by molar-refractivity contribution is -0.119. The van der Waals surface area contributed by atoms with E-state index >= 15 is 0 Å². The highest BCUT2D eigenvalue weighted by Crippen LogP contribution is 2.32. The van der Waals surface area contributed by atoms with Crippen molar-refractivity contribution in [1.82, 2.24) is 10.6 Å². The van der Waals surface area contributed by atoms with Gasteiger partial charge in [-0.15, -0.1) is 24.0 Å². The van der Waals surface area contributed by atoms with Gasteiger partial charge in [0.2, 0.25) is 12.7 Å². The normalized spacial score (nSPS) is 14.5. The number of nitrogens with one attached hydrogen (secondary N) is 3. The molecule has 1 fully saturated rings. The number of benzene rings is 2. The van der Waals surface area contributed by atoms with Gasteiger partial charge in [0.1, 0.15) is 12.3 Å². The van der Waals surface area contributed by atoms with Crippen molar-refractivity contribution in [3.8, 4) is 17.2 Å². The Hall–Kier alpha value is -2.69. The van der Waals surface area contributed by atoms with E-state index in [1.165, 1.54) is 0 Å². The zero-order chi connectivity index (χ0) is 22.3. The van der Waals surface area contributed by atoms with Gasteiger partial charge in [-0.3, -0.25) is 4.79 Å². The van der Waals surface area contributed by atoms with Crippen LogP contribution in [0.25, 0.3) is 0 Å². The van der Waals surface area contributed by atoms with E-state index in [1.54, 1.807) is 0 Å². The predicted molar refractivity (Wildman–Crippen MR) is 139 cm³/mol. The first kappa shape index (κ1) is 24.9. The van der Waals surface area contributed by atoms with Crippen LogP contribution in [0.3, 0.4) is 0 Å². The Kier molecular flexibility index (Phi) is 9.04. The summed E-state index contributed by atoms with van der Waals surface area (Å²) in [6.45, 7) is 4.97. The molecule has 0 bridgehead atoms. The van der Waals surface area contributed by atoms with Crippen LogP contribution in [-0.2, 0) is 11.2 Å². The molecule has 0 atom stereocenters. The number of guanidine groups is 1. The largest absolute Gasteiger partial charge is 0.491 e. The number of nitrogens with zero attached hydrogens (tertiary/aromatic N) is 1. The molecule has 1 aliphatic heterocycles. The van der Waals surface area contributed by atoms with Gasteiger partial charge in [0.15, 0.2) is 17.5 Å². The van der Waals surface area contributed by atoms with Crippen LogP contribution >= 0.6 is 24.0 Å². The SMILES string of the molecule is CC(C)Oc1ccc(NC(=NCC(=O)NC2CC2)NCCc2ccc3c(c2)OCO3)cc1.I. The zero-order valence-electron chi connectivity index (χ0n) is 18.9. The van der Waals surface area contributed by atoms with Crippen LogP contribution in [-0.4, -0.2) is 43.9 Å². The van der Waals surface area contributed by atoms with E-state index in [1.807, 2.05) is 56.3 Å². The first-order valence-electron chi connectivity index (χ1n) is 11.0. The van der Waals surface area contributed by atoms with Crippen LogP contribution < -0.4 is 30.2 Å². The summed E-state index contributed by atoms with van der Waals surface area (Å²) in [5.74, 6) is 2.84. The third-order valence-electron chi connectivity index (χ3n) is 4.96. The number of carbonyl (C=O) groups is 1. The second-order valence-corrected chi connectivity index (χ2v) is 8.19. The maximum absolute atomic E-state index is 12.1. The van der Waals surface area contributed by atoms with Crippen molar-refractivity contribution in [1.29, 1.82) is 0 Å². The Morgan fingerprint density at radius 1 is 1.12 bits per heavy atom. The molecule has 1 saturated carbocycles. The average molecular weight is 566 g/mol. The summed E-state index contributed by atoms with van der Waals surface area (Å²) >= 11 is 0. The summed E-state index contributed by atoms with van der Waals surface area (Å²) in [7, 11) is 0. The highest BCUT2D eigenvalue weighted by atomic mass is 127. The van der Waals surface area contributed by atoms with E-state index in [4.69, 9.17) is 14.2 Å². The number of halogens is 1. The van der Waals surface area contributed by atoms with Crippen molar-refractivity contribution in [3.05, 3.63) is 48.0 Å². The van der Waals surface area contributed by atoms with Gasteiger partial charge in [-0.25, -0.2) is 4.99 Å². The number of carbonyl (C=O) groups excluding carboxylic acids is 1. The van der Waals surface area contributed by atoms with Crippen LogP contribution in [0.1, 0.15) is 32.3 Å². The van der Waals surface area contributed by atoms with Gasteiger partial charge >= 0.3 is 0 Å². The van der Waals surface area contributed by atoms with Crippen LogP contribution in [0.4, 0.5) is 5.69 Å². The average Bonchev–Trinajstić information content (AvgIpc) is 3.45. The molecule has 9 heteroatoms. The molecule has 0 aromatic heterocycles. The van der Waals surface area contributed by atoms with Gasteiger partial charge in [-0.1, -0.05) is 6.07 Å². The number of hydrogen-bond donors (Lipinski definition) is 3. The number of anilines is 1. The van der Waals surface area contributed by atoms with Crippen molar-refractivity contribution in [2.75, 3.05) is 25.2 Å². The van der Waals surface area contributed by atoms with Crippen LogP contribution in [0.2, 0.25) is 0 Å². The van der Waals surface area contributed by atoms with Crippen molar-refractivity contribution in [3.63, 3.8) is 0 Å². The van der Waals surface area contributed by atoms with E-state index in [2.05, 4.69) is 20.9 Å². The van der Waals surface area contributed by atoms with Gasteiger partial charge in [-0.05, 0) is 75.1 Å². The lowest BCUT2D eigenvalue weighted by Gasteiger charge is -2.14. The Balaban J connectivity index is 0.00000306. The van der Waals surface area contributed by atoms with Crippen molar-refractivity contribution < 1.29 is 19.0 Å². The molecule has 3 N–H and O–H groups in total. The maximum atomic E-state index is 12.1. The zero-order valence-corrected chi connectivity index (χ0v) is 21.3. The summed E-state index contributed by atoms with van der Waals surface area (Å²) in [6.07, 6.45) is 3.00. The van der Waals surface area contributed by atoms with Gasteiger partial charge < -0.3 is 30.2 Å². The predicted octanol–water partition coefficient (Wildman–Crippen LogP) is 3.70. The molecule has 8 nitrogen and oxygen atoms in total. The quantitative estimate of drug-likeness (QED) is 0.244. The van der Waals surface area contributed by atoms with Crippen molar-refractivity contribution >= 4 is 41.5 Å². The fourth-order valence-electron chi connectivity index (χ4n) is 3.24. The molecule has 1 aliphatic carbocycles. The van der Waals surface area contributed by atoms with Crippen LogP contribution in [0.5, 0.6) is 17.2 Å². The molecule has 2 aromatic carbocycles. The Morgan fingerprint density at radius 3 is 2.61 bits per heavy atom.